The largest absolute Gasteiger partial charge is 0.478 e. The van der Waals surface area contributed by atoms with Crippen LogP contribution in [0.25, 0.3) is 0 Å². The Balaban J connectivity index is 0. The van der Waals surface area contributed by atoms with Crippen LogP contribution >= 0.6 is 0 Å². The minimum Gasteiger partial charge on any atom is -0.478 e. The van der Waals surface area contributed by atoms with Gasteiger partial charge in [0.15, 0.2) is 0 Å². The van der Waals surface area contributed by atoms with Crippen LogP contribution in [0.15, 0.2) is 12.2 Å². The van der Waals surface area contributed by atoms with Gasteiger partial charge in [-0.15, -0.1) is 0 Å². The minimum absolute atomic E-state index is 0. The molecule has 0 amide bonds. The zero-order valence-electron chi connectivity index (χ0n) is 4.22. The minimum atomic E-state index is -0.891. The van der Waals surface area contributed by atoms with E-state index in [0.717, 1.165) is 6.08 Å². The van der Waals surface area contributed by atoms with Crippen molar-refractivity contribution in [3.05, 3.63) is 12.2 Å². The van der Waals surface area contributed by atoms with E-state index in [0.29, 0.717) is 0 Å². The summed E-state index contributed by atoms with van der Waals surface area (Å²) in [5.74, 6) is -0.891. The van der Waals surface area contributed by atoms with Gasteiger partial charge in [-0.2, -0.15) is 0 Å². The molecule has 36 valence electrons. The average Bonchev–Trinajstić information content (AvgIpc) is 1.35. The van der Waals surface area contributed by atoms with Crippen molar-refractivity contribution in [1.29, 1.82) is 0 Å². The zero-order valence-corrected chi connectivity index (χ0v) is 7.18. The molecule has 0 saturated heterocycles. The first-order chi connectivity index (χ1) is 2.77. The van der Waals surface area contributed by atoms with E-state index in [-0.39, 0.29) is 19.5 Å². The fourth-order valence-corrected chi connectivity index (χ4v) is 0.143. The summed E-state index contributed by atoms with van der Waals surface area (Å²) < 4.78 is 0. The topological polar surface area (TPSA) is 37.3 Å². The first kappa shape index (κ1) is 9.95. The maximum atomic E-state index is 9.51. The van der Waals surface area contributed by atoms with Gasteiger partial charge in [-0.3, -0.25) is 0 Å². The maximum absolute atomic E-state index is 9.51. The van der Waals surface area contributed by atoms with E-state index in [1.54, 1.807) is 6.92 Å². The molecule has 0 rings (SSSR count). The van der Waals surface area contributed by atoms with Crippen LogP contribution in [0.2, 0.25) is 0 Å². The molecule has 1 N–H and O–H groups in total. The summed E-state index contributed by atoms with van der Waals surface area (Å²) in [5, 5.41) is 7.83. The number of hydrogen-bond acceptors (Lipinski definition) is 1. The molecule has 7 heavy (non-hydrogen) atoms. The number of hydrogen-bond donors (Lipinski definition) is 1. The van der Waals surface area contributed by atoms with Crippen molar-refractivity contribution in [3.8, 4) is 0 Å². The third-order valence-corrected chi connectivity index (χ3v) is 0.309. The Bertz CT molecular complexity index is 77.8. The molecule has 3 heteroatoms. The Morgan fingerprint density at radius 1 is 1.71 bits per heavy atom. The normalized spacial score (nSPS) is 8.14. The van der Waals surface area contributed by atoms with Crippen molar-refractivity contribution in [2.75, 3.05) is 0 Å². The number of aliphatic carboxylic acids is 1. The fourth-order valence-electron chi connectivity index (χ4n) is 0.143. The Morgan fingerprint density at radius 3 is 2.14 bits per heavy atom. The predicted octanol–water partition coefficient (Wildman–Crippen LogP) is 0.645. The summed E-state index contributed by atoms with van der Waals surface area (Å²) in [6.07, 6.45) is 2.56. The van der Waals surface area contributed by atoms with Gasteiger partial charge in [-0.05, 0) is 6.92 Å². The van der Waals surface area contributed by atoms with E-state index < -0.39 is 5.97 Å². The molecule has 0 aliphatic heterocycles. The molecular formula is C4H6O2Zn. The molecule has 0 unspecified atom stereocenters. The molecular weight excluding hydrogens is 145 g/mol. The van der Waals surface area contributed by atoms with E-state index in [1.165, 1.54) is 6.08 Å². The molecule has 0 heterocycles. The van der Waals surface area contributed by atoms with Crippen molar-refractivity contribution in [2.45, 2.75) is 6.92 Å². The van der Waals surface area contributed by atoms with E-state index in [4.69, 9.17) is 5.11 Å². The standard InChI is InChI=1S/C4H6O2.Zn/c1-2-3-4(5)6;/h2-3H,1H3,(H,5,6);. The molecule has 0 bridgehead atoms. The van der Waals surface area contributed by atoms with Gasteiger partial charge >= 0.3 is 5.97 Å². The Labute approximate surface area is 55.0 Å². The van der Waals surface area contributed by atoms with Crippen LogP contribution in [0.5, 0.6) is 0 Å². The molecule has 0 aliphatic rings. The molecule has 0 spiro atoms. The van der Waals surface area contributed by atoms with Crippen LogP contribution in [0, 0.1) is 0 Å². The number of carboxylic acid groups (broad SMARTS) is 1. The smallest absolute Gasteiger partial charge is 0.327 e. The van der Waals surface area contributed by atoms with Crippen molar-refractivity contribution < 1.29 is 29.4 Å². The quantitative estimate of drug-likeness (QED) is 0.441. The van der Waals surface area contributed by atoms with Crippen LogP contribution in [0.1, 0.15) is 6.92 Å². The third kappa shape index (κ3) is 10.7. The van der Waals surface area contributed by atoms with Crippen molar-refractivity contribution in [2.24, 2.45) is 0 Å². The predicted molar refractivity (Wildman–Crippen MR) is 22.4 cm³/mol. The first-order valence-electron chi connectivity index (χ1n) is 1.63. The van der Waals surface area contributed by atoms with Gasteiger partial charge in [0.1, 0.15) is 0 Å². The number of rotatable bonds is 1. The van der Waals surface area contributed by atoms with Crippen molar-refractivity contribution >= 4 is 5.97 Å². The molecule has 0 saturated carbocycles. The summed E-state index contributed by atoms with van der Waals surface area (Å²) in [7, 11) is 0. The summed E-state index contributed by atoms with van der Waals surface area (Å²) in [4.78, 5) is 9.51. The zero-order chi connectivity index (χ0) is 4.99. The Morgan fingerprint density at radius 2 is 2.14 bits per heavy atom. The van der Waals surface area contributed by atoms with Crippen molar-refractivity contribution in [1.82, 2.24) is 0 Å². The van der Waals surface area contributed by atoms with Crippen molar-refractivity contribution in [3.63, 3.8) is 0 Å². The monoisotopic (exact) mass is 150 g/mol. The van der Waals surface area contributed by atoms with Crippen LogP contribution in [-0.2, 0) is 24.3 Å². The molecule has 2 nitrogen and oxygen atoms in total. The second-order valence-corrected chi connectivity index (χ2v) is 0.838. The summed E-state index contributed by atoms with van der Waals surface area (Å²) in [5.41, 5.74) is 0. The average molecular weight is 151 g/mol. The molecule has 0 atom stereocenters. The summed E-state index contributed by atoms with van der Waals surface area (Å²) in [6.45, 7) is 1.66. The molecule has 0 aromatic rings. The van der Waals surface area contributed by atoms with E-state index in [9.17, 15) is 4.79 Å². The van der Waals surface area contributed by atoms with Gasteiger partial charge in [0.2, 0.25) is 0 Å². The molecule has 0 aliphatic carbocycles. The molecule has 0 radical (unpaired) electrons. The number of carbonyl (C=O) groups is 1. The first-order valence-corrected chi connectivity index (χ1v) is 1.63. The van der Waals surface area contributed by atoms with E-state index in [1.807, 2.05) is 0 Å². The number of allylic oxidation sites excluding steroid dienone is 1. The summed E-state index contributed by atoms with van der Waals surface area (Å²) >= 11 is 0. The van der Waals surface area contributed by atoms with Crippen LogP contribution in [0.3, 0.4) is 0 Å². The SMILES string of the molecule is CC=CC(=O)O.[Zn]. The fraction of sp³-hybridized carbons (Fsp3) is 0.250. The van der Waals surface area contributed by atoms with Crippen LogP contribution < -0.4 is 0 Å². The van der Waals surface area contributed by atoms with Gasteiger partial charge in [0.05, 0.1) is 0 Å². The van der Waals surface area contributed by atoms with Crippen LogP contribution in [-0.4, -0.2) is 11.1 Å². The van der Waals surface area contributed by atoms with Gasteiger partial charge in [0.25, 0.3) is 0 Å². The Hall–Kier alpha value is -0.167. The maximum Gasteiger partial charge on any atom is 0.327 e. The van der Waals surface area contributed by atoms with Gasteiger partial charge in [-0.1, -0.05) is 6.08 Å². The van der Waals surface area contributed by atoms with E-state index >= 15 is 0 Å². The Kier molecular flexibility index (Phi) is 8.29. The molecule has 0 fully saturated rings. The van der Waals surface area contributed by atoms with Crippen LogP contribution in [0.4, 0.5) is 0 Å². The second-order valence-electron chi connectivity index (χ2n) is 0.838. The van der Waals surface area contributed by atoms with Gasteiger partial charge < -0.3 is 5.11 Å². The van der Waals surface area contributed by atoms with Gasteiger partial charge in [-0.25, -0.2) is 4.79 Å². The number of carboxylic acids is 1. The summed E-state index contributed by atoms with van der Waals surface area (Å²) in [6, 6.07) is 0. The second kappa shape index (κ2) is 5.83. The molecule has 0 aromatic carbocycles. The molecule has 0 aromatic heterocycles. The van der Waals surface area contributed by atoms with E-state index in [2.05, 4.69) is 0 Å². The third-order valence-electron chi connectivity index (χ3n) is 0.309. The van der Waals surface area contributed by atoms with Gasteiger partial charge in [0, 0.05) is 25.6 Å².